The molecule has 18 heavy (non-hydrogen) atoms. The van der Waals surface area contributed by atoms with Gasteiger partial charge in [-0.15, -0.1) is 0 Å². The van der Waals surface area contributed by atoms with Crippen LogP contribution in [-0.4, -0.2) is 0 Å². The summed E-state index contributed by atoms with van der Waals surface area (Å²) in [5.74, 6) is -0.178. The lowest BCUT2D eigenvalue weighted by molar-refractivity contribution is 0.626. The van der Waals surface area contributed by atoms with Gasteiger partial charge < -0.3 is 5.32 Å². The molecule has 0 radical (unpaired) electrons. The Morgan fingerprint density at radius 1 is 1.00 bits per heavy atom. The Morgan fingerprint density at radius 3 is 2.78 bits per heavy atom. The van der Waals surface area contributed by atoms with Gasteiger partial charge in [0, 0.05) is 12.2 Å². The molecular weight excluding hydrogens is 225 g/mol. The van der Waals surface area contributed by atoms with E-state index in [1.54, 1.807) is 12.1 Å². The molecule has 1 nitrogen and oxygen atoms in total. The second kappa shape index (κ2) is 4.81. The van der Waals surface area contributed by atoms with Crippen molar-refractivity contribution in [1.82, 2.24) is 0 Å². The summed E-state index contributed by atoms with van der Waals surface area (Å²) in [5, 5.41) is 3.35. The number of rotatable bonds is 3. The first-order valence-corrected chi connectivity index (χ1v) is 6.41. The van der Waals surface area contributed by atoms with E-state index in [-0.39, 0.29) is 5.82 Å². The minimum atomic E-state index is -0.178. The molecule has 0 unspecified atom stereocenters. The normalized spacial score (nSPS) is 13.4. The fourth-order valence-electron chi connectivity index (χ4n) is 2.53. The van der Waals surface area contributed by atoms with Crippen molar-refractivity contribution in [3.8, 4) is 0 Å². The van der Waals surface area contributed by atoms with E-state index in [1.165, 1.54) is 36.5 Å². The van der Waals surface area contributed by atoms with Crippen LogP contribution in [0.3, 0.4) is 0 Å². The maximum atomic E-state index is 13.0. The Kier molecular flexibility index (Phi) is 3.01. The summed E-state index contributed by atoms with van der Waals surface area (Å²) >= 11 is 0. The minimum absolute atomic E-state index is 0.178. The molecule has 0 saturated heterocycles. The first kappa shape index (κ1) is 11.3. The van der Waals surface area contributed by atoms with Gasteiger partial charge in [0.1, 0.15) is 5.82 Å². The highest BCUT2D eigenvalue weighted by atomic mass is 19.1. The van der Waals surface area contributed by atoms with Gasteiger partial charge in [-0.25, -0.2) is 4.39 Å². The zero-order chi connectivity index (χ0) is 12.4. The van der Waals surface area contributed by atoms with Crippen LogP contribution in [0, 0.1) is 5.82 Å². The fraction of sp³-hybridized carbons (Fsp3) is 0.250. The Hall–Kier alpha value is -1.83. The summed E-state index contributed by atoms with van der Waals surface area (Å²) < 4.78 is 13.0. The highest BCUT2D eigenvalue weighted by Gasteiger charge is 2.10. The Bertz CT molecular complexity index is 563. The Morgan fingerprint density at radius 2 is 1.89 bits per heavy atom. The van der Waals surface area contributed by atoms with Crippen molar-refractivity contribution in [2.75, 3.05) is 5.32 Å². The lowest BCUT2D eigenvalue weighted by Crippen LogP contribution is -2.00. The zero-order valence-electron chi connectivity index (χ0n) is 10.2. The molecule has 0 amide bonds. The number of nitrogens with one attached hydrogen (secondary N) is 1. The first-order chi connectivity index (χ1) is 8.81. The van der Waals surface area contributed by atoms with Crippen molar-refractivity contribution in [3.05, 3.63) is 65.0 Å². The molecule has 0 aromatic heterocycles. The van der Waals surface area contributed by atoms with E-state index >= 15 is 0 Å². The molecule has 3 rings (SSSR count). The van der Waals surface area contributed by atoms with Crippen LogP contribution in [0.2, 0.25) is 0 Å². The van der Waals surface area contributed by atoms with Crippen LogP contribution < -0.4 is 5.32 Å². The number of halogens is 1. The predicted octanol–water partition coefficient (Wildman–Crippen LogP) is 3.93. The molecule has 2 aromatic rings. The van der Waals surface area contributed by atoms with Crippen LogP contribution in [0.25, 0.3) is 0 Å². The van der Waals surface area contributed by atoms with Crippen molar-refractivity contribution in [1.29, 1.82) is 0 Å². The molecule has 0 spiro atoms. The molecule has 1 N–H and O–H groups in total. The topological polar surface area (TPSA) is 12.0 Å². The number of fused-ring (bicyclic) bond motifs is 1. The van der Waals surface area contributed by atoms with E-state index in [9.17, 15) is 4.39 Å². The quantitative estimate of drug-likeness (QED) is 0.858. The largest absolute Gasteiger partial charge is 0.381 e. The summed E-state index contributed by atoms with van der Waals surface area (Å²) in [6.45, 7) is 0.663. The van der Waals surface area contributed by atoms with Crippen LogP contribution in [0.1, 0.15) is 23.1 Å². The summed E-state index contributed by atoms with van der Waals surface area (Å²) in [7, 11) is 0. The van der Waals surface area contributed by atoms with E-state index in [0.29, 0.717) is 6.54 Å². The van der Waals surface area contributed by atoms with E-state index in [2.05, 4.69) is 23.5 Å². The number of anilines is 1. The number of hydrogen-bond acceptors (Lipinski definition) is 1. The van der Waals surface area contributed by atoms with Crippen molar-refractivity contribution >= 4 is 5.69 Å². The van der Waals surface area contributed by atoms with E-state index in [4.69, 9.17) is 0 Å². The molecule has 2 heteroatoms. The van der Waals surface area contributed by atoms with Crippen LogP contribution in [0.15, 0.2) is 42.5 Å². The Labute approximate surface area is 107 Å². The second-order valence-corrected chi connectivity index (χ2v) is 4.82. The average molecular weight is 241 g/mol. The monoisotopic (exact) mass is 241 g/mol. The smallest absolute Gasteiger partial charge is 0.123 e. The molecule has 0 fully saturated rings. The summed E-state index contributed by atoms with van der Waals surface area (Å²) in [4.78, 5) is 0. The third-order valence-electron chi connectivity index (χ3n) is 3.48. The lowest BCUT2D eigenvalue weighted by atomic mass is 10.1. The van der Waals surface area contributed by atoms with Crippen molar-refractivity contribution in [3.63, 3.8) is 0 Å². The van der Waals surface area contributed by atoms with Crippen molar-refractivity contribution in [2.24, 2.45) is 0 Å². The molecule has 0 saturated carbocycles. The van der Waals surface area contributed by atoms with Crippen LogP contribution >= 0.6 is 0 Å². The second-order valence-electron chi connectivity index (χ2n) is 4.82. The van der Waals surface area contributed by atoms with Gasteiger partial charge in [0.05, 0.1) is 0 Å². The van der Waals surface area contributed by atoms with Gasteiger partial charge in [-0.1, -0.05) is 18.2 Å². The highest BCUT2D eigenvalue weighted by Crippen LogP contribution is 2.25. The van der Waals surface area contributed by atoms with Crippen molar-refractivity contribution in [2.45, 2.75) is 25.8 Å². The molecule has 0 heterocycles. The zero-order valence-corrected chi connectivity index (χ0v) is 10.2. The number of hydrogen-bond donors (Lipinski definition) is 1. The van der Waals surface area contributed by atoms with Gasteiger partial charge in [0.15, 0.2) is 0 Å². The molecule has 0 aliphatic heterocycles. The molecule has 2 aromatic carbocycles. The standard InChI is InChI=1S/C16H16FN/c17-15-6-1-3-12(9-15)11-18-16-8-7-13-4-2-5-14(13)10-16/h1,3,6-10,18H,2,4-5,11H2. The predicted molar refractivity (Wildman–Crippen MR) is 72.2 cm³/mol. The minimum Gasteiger partial charge on any atom is -0.381 e. The molecule has 1 aliphatic rings. The summed E-state index contributed by atoms with van der Waals surface area (Å²) in [5.41, 5.74) is 5.03. The van der Waals surface area contributed by atoms with E-state index < -0.39 is 0 Å². The van der Waals surface area contributed by atoms with Crippen LogP contribution in [-0.2, 0) is 19.4 Å². The lowest BCUT2D eigenvalue weighted by Gasteiger charge is -2.08. The molecule has 92 valence electrons. The SMILES string of the molecule is Fc1cccc(CNc2ccc3c(c2)CCC3)c1. The maximum absolute atomic E-state index is 13.0. The van der Waals surface area contributed by atoms with E-state index in [1.807, 2.05) is 6.07 Å². The average Bonchev–Trinajstić information content (AvgIpc) is 2.84. The number of benzene rings is 2. The fourth-order valence-corrected chi connectivity index (χ4v) is 2.53. The molecule has 0 bridgehead atoms. The van der Waals surface area contributed by atoms with Gasteiger partial charge in [0.25, 0.3) is 0 Å². The number of aryl methyl sites for hydroxylation is 2. The molecule has 1 aliphatic carbocycles. The third kappa shape index (κ3) is 2.37. The van der Waals surface area contributed by atoms with E-state index in [0.717, 1.165) is 11.3 Å². The first-order valence-electron chi connectivity index (χ1n) is 6.41. The maximum Gasteiger partial charge on any atom is 0.123 e. The van der Waals surface area contributed by atoms with Gasteiger partial charge >= 0.3 is 0 Å². The third-order valence-corrected chi connectivity index (χ3v) is 3.48. The molecular formula is C16H16FN. The van der Waals surface area contributed by atoms with Gasteiger partial charge in [-0.3, -0.25) is 0 Å². The van der Waals surface area contributed by atoms with Crippen LogP contribution in [0.5, 0.6) is 0 Å². The highest BCUT2D eigenvalue weighted by molar-refractivity contribution is 5.50. The van der Waals surface area contributed by atoms with Gasteiger partial charge in [0.2, 0.25) is 0 Å². The van der Waals surface area contributed by atoms with Gasteiger partial charge in [-0.05, 0) is 60.2 Å². The summed E-state index contributed by atoms with van der Waals surface area (Å²) in [6.07, 6.45) is 3.66. The molecule has 0 atom stereocenters. The Balaban J connectivity index is 1.70. The van der Waals surface area contributed by atoms with Crippen molar-refractivity contribution < 1.29 is 4.39 Å². The summed E-state index contributed by atoms with van der Waals surface area (Å²) in [6, 6.07) is 13.3. The van der Waals surface area contributed by atoms with Gasteiger partial charge in [-0.2, -0.15) is 0 Å². The van der Waals surface area contributed by atoms with Crippen LogP contribution in [0.4, 0.5) is 10.1 Å².